The number of benzene rings is 3. The van der Waals surface area contributed by atoms with Crippen molar-refractivity contribution in [2.45, 2.75) is 12.1 Å². The third kappa shape index (κ3) is 6.62. The third-order valence-corrected chi connectivity index (χ3v) is 6.07. The van der Waals surface area contributed by atoms with Crippen LogP contribution in [0.3, 0.4) is 0 Å². The van der Waals surface area contributed by atoms with E-state index < -0.39 is 5.97 Å². The topological polar surface area (TPSA) is 108 Å². The summed E-state index contributed by atoms with van der Waals surface area (Å²) in [6, 6.07) is 24.1. The maximum atomic E-state index is 12.4. The van der Waals surface area contributed by atoms with E-state index in [0.29, 0.717) is 23.2 Å². The molecule has 0 spiro atoms. The van der Waals surface area contributed by atoms with Crippen LogP contribution in [0.15, 0.2) is 89.1 Å². The molecule has 1 amide bonds. The molecule has 188 valence electrons. The maximum absolute atomic E-state index is 12.4. The van der Waals surface area contributed by atoms with E-state index in [2.05, 4.69) is 25.5 Å². The van der Waals surface area contributed by atoms with Crippen molar-refractivity contribution in [2.24, 2.45) is 5.10 Å². The Morgan fingerprint density at radius 1 is 1.00 bits per heavy atom. The summed E-state index contributed by atoms with van der Waals surface area (Å²) in [6.45, 7) is 2.52. The molecular formula is C27H25N5O4S. The molecule has 4 rings (SSSR count). The predicted molar refractivity (Wildman–Crippen MR) is 142 cm³/mol. The molecule has 0 saturated carbocycles. The molecule has 1 heterocycles. The highest BCUT2D eigenvalue weighted by atomic mass is 32.2. The highest BCUT2D eigenvalue weighted by molar-refractivity contribution is 7.99. The van der Waals surface area contributed by atoms with Gasteiger partial charge in [0.25, 0.3) is 5.91 Å². The molecule has 1 aromatic heterocycles. The van der Waals surface area contributed by atoms with Crippen molar-refractivity contribution < 1.29 is 19.1 Å². The lowest BCUT2D eigenvalue weighted by atomic mass is 10.1. The van der Waals surface area contributed by atoms with E-state index in [4.69, 9.17) is 4.74 Å². The maximum Gasteiger partial charge on any atom is 0.337 e. The number of methoxy groups -OCH3 is 1. The number of nitrogens with one attached hydrogen (secondary N) is 1. The van der Waals surface area contributed by atoms with Crippen LogP contribution in [-0.2, 0) is 9.53 Å². The fraction of sp³-hybridized carbons (Fsp3) is 0.148. The molecule has 3 aromatic carbocycles. The Morgan fingerprint density at radius 3 is 2.41 bits per heavy atom. The molecule has 4 aromatic rings. The SMILES string of the molecule is CCOc1ccc(-n2c(SCC(=O)N/N=C/c3ccc(C(=O)OC)cc3)nnc2-c2ccccc2)cc1. The second kappa shape index (κ2) is 12.5. The van der Waals surface area contributed by atoms with E-state index >= 15 is 0 Å². The molecule has 9 nitrogen and oxygen atoms in total. The number of thioether (sulfide) groups is 1. The number of carbonyl (C=O) groups excluding carboxylic acids is 2. The Hall–Kier alpha value is -4.44. The van der Waals surface area contributed by atoms with Gasteiger partial charge in [-0.15, -0.1) is 10.2 Å². The van der Waals surface area contributed by atoms with Gasteiger partial charge in [-0.25, -0.2) is 10.2 Å². The third-order valence-electron chi connectivity index (χ3n) is 5.14. The van der Waals surface area contributed by atoms with Gasteiger partial charge in [0.05, 0.1) is 31.2 Å². The van der Waals surface area contributed by atoms with Gasteiger partial charge in [-0.2, -0.15) is 5.10 Å². The summed E-state index contributed by atoms with van der Waals surface area (Å²) in [5, 5.41) is 13.3. The molecule has 0 saturated heterocycles. The minimum Gasteiger partial charge on any atom is -0.494 e. The molecule has 0 aliphatic heterocycles. The summed E-state index contributed by atoms with van der Waals surface area (Å²) in [6.07, 6.45) is 1.50. The first-order valence-electron chi connectivity index (χ1n) is 11.5. The zero-order valence-corrected chi connectivity index (χ0v) is 21.1. The number of esters is 1. The number of aromatic nitrogens is 3. The van der Waals surface area contributed by atoms with Crippen LogP contribution in [0.1, 0.15) is 22.8 Å². The van der Waals surface area contributed by atoms with Gasteiger partial charge in [0, 0.05) is 11.3 Å². The van der Waals surface area contributed by atoms with E-state index in [0.717, 1.165) is 22.6 Å². The van der Waals surface area contributed by atoms with Crippen LogP contribution in [-0.4, -0.2) is 52.3 Å². The Morgan fingerprint density at radius 2 is 1.73 bits per heavy atom. The lowest BCUT2D eigenvalue weighted by Gasteiger charge is -2.11. The highest BCUT2D eigenvalue weighted by Gasteiger charge is 2.17. The van der Waals surface area contributed by atoms with Crippen molar-refractivity contribution in [2.75, 3.05) is 19.5 Å². The van der Waals surface area contributed by atoms with Gasteiger partial charge in [0.15, 0.2) is 11.0 Å². The fourth-order valence-electron chi connectivity index (χ4n) is 3.39. The standard InChI is InChI=1S/C27H25N5O4S/c1-3-36-23-15-13-22(14-16-23)32-25(20-7-5-4-6-8-20)30-31-27(32)37-18-24(33)29-28-17-19-9-11-21(12-10-19)26(34)35-2/h4-17H,3,18H2,1-2H3,(H,29,33)/b28-17+. The molecule has 10 heteroatoms. The average Bonchev–Trinajstić information content (AvgIpc) is 3.37. The first-order chi connectivity index (χ1) is 18.1. The number of amides is 1. The number of hydrogen-bond donors (Lipinski definition) is 1. The number of nitrogens with zero attached hydrogens (tertiary/aromatic N) is 4. The van der Waals surface area contributed by atoms with Crippen LogP contribution in [0.2, 0.25) is 0 Å². The molecule has 0 radical (unpaired) electrons. The van der Waals surface area contributed by atoms with Gasteiger partial charge < -0.3 is 9.47 Å². The summed E-state index contributed by atoms with van der Waals surface area (Å²) < 4.78 is 12.2. The number of rotatable bonds is 10. The van der Waals surface area contributed by atoms with Crippen LogP contribution >= 0.6 is 11.8 Å². The Labute approximate surface area is 218 Å². The number of hydrazone groups is 1. The zero-order chi connectivity index (χ0) is 26.0. The van der Waals surface area contributed by atoms with Crippen molar-refractivity contribution >= 4 is 29.9 Å². The number of hydrogen-bond acceptors (Lipinski definition) is 8. The van der Waals surface area contributed by atoms with Crippen LogP contribution < -0.4 is 10.2 Å². The van der Waals surface area contributed by atoms with E-state index in [1.807, 2.05) is 66.1 Å². The lowest BCUT2D eigenvalue weighted by molar-refractivity contribution is -0.118. The summed E-state index contributed by atoms with van der Waals surface area (Å²) in [4.78, 5) is 24.0. The van der Waals surface area contributed by atoms with Gasteiger partial charge in [0.1, 0.15) is 5.75 Å². The molecule has 0 aliphatic rings. The van der Waals surface area contributed by atoms with Gasteiger partial charge in [-0.1, -0.05) is 54.2 Å². The van der Waals surface area contributed by atoms with E-state index in [9.17, 15) is 9.59 Å². The van der Waals surface area contributed by atoms with Crippen molar-refractivity contribution in [1.82, 2.24) is 20.2 Å². The van der Waals surface area contributed by atoms with Crippen molar-refractivity contribution in [3.63, 3.8) is 0 Å². The first-order valence-corrected chi connectivity index (χ1v) is 12.4. The zero-order valence-electron chi connectivity index (χ0n) is 20.3. The lowest BCUT2D eigenvalue weighted by Crippen LogP contribution is -2.20. The van der Waals surface area contributed by atoms with Gasteiger partial charge in [0.2, 0.25) is 0 Å². The second-order valence-electron chi connectivity index (χ2n) is 7.63. The van der Waals surface area contributed by atoms with Gasteiger partial charge in [-0.3, -0.25) is 9.36 Å². The van der Waals surface area contributed by atoms with Gasteiger partial charge in [-0.05, 0) is 48.9 Å². The van der Waals surface area contributed by atoms with Crippen LogP contribution in [0, 0.1) is 0 Å². The summed E-state index contributed by atoms with van der Waals surface area (Å²) in [5.41, 5.74) is 5.43. The van der Waals surface area contributed by atoms with E-state index in [1.165, 1.54) is 25.1 Å². The van der Waals surface area contributed by atoms with Crippen LogP contribution in [0.5, 0.6) is 5.75 Å². The molecule has 0 unspecified atom stereocenters. The molecule has 0 atom stereocenters. The van der Waals surface area contributed by atoms with Crippen LogP contribution in [0.4, 0.5) is 0 Å². The quantitative estimate of drug-likeness (QED) is 0.145. The molecule has 0 bridgehead atoms. The minimum absolute atomic E-state index is 0.0859. The monoisotopic (exact) mass is 515 g/mol. The molecule has 37 heavy (non-hydrogen) atoms. The van der Waals surface area contributed by atoms with E-state index in [1.54, 1.807) is 24.3 Å². The minimum atomic E-state index is -0.415. The molecular weight excluding hydrogens is 490 g/mol. The summed E-state index contributed by atoms with van der Waals surface area (Å²) >= 11 is 1.25. The second-order valence-corrected chi connectivity index (χ2v) is 8.57. The fourth-order valence-corrected chi connectivity index (χ4v) is 4.14. The smallest absolute Gasteiger partial charge is 0.337 e. The first kappa shape index (κ1) is 25.6. The Balaban J connectivity index is 1.45. The predicted octanol–water partition coefficient (Wildman–Crippen LogP) is 4.36. The largest absolute Gasteiger partial charge is 0.494 e. The normalized spacial score (nSPS) is 10.9. The molecule has 1 N–H and O–H groups in total. The van der Waals surface area contributed by atoms with Crippen molar-refractivity contribution in [3.05, 3.63) is 90.0 Å². The van der Waals surface area contributed by atoms with E-state index in [-0.39, 0.29) is 11.7 Å². The number of carbonyl (C=O) groups is 2. The Kier molecular flexibility index (Phi) is 8.66. The van der Waals surface area contributed by atoms with Crippen molar-refractivity contribution in [1.29, 1.82) is 0 Å². The molecule has 0 fully saturated rings. The van der Waals surface area contributed by atoms with Gasteiger partial charge >= 0.3 is 5.97 Å². The number of ether oxygens (including phenoxy) is 2. The summed E-state index contributed by atoms with van der Waals surface area (Å²) in [5.74, 6) is 0.813. The average molecular weight is 516 g/mol. The Bertz CT molecular complexity index is 1370. The highest BCUT2D eigenvalue weighted by Crippen LogP contribution is 2.28. The van der Waals surface area contributed by atoms with Crippen molar-refractivity contribution in [3.8, 4) is 22.8 Å². The molecule has 0 aliphatic carbocycles. The summed E-state index contributed by atoms with van der Waals surface area (Å²) in [7, 11) is 1.33. The van der Waals surface area contributed by atoms with Crippen LogP contribution in [0.25, 0.3) is 17.1 Å².